The van der Waals surface area contributed by atoms with Gasteiger partial charge in [-0.1, -0.05) is 29.3 Å². The van der Waals surface area contributed by atoms with Crippen LogP contribution in [0.15, 0.2) is 53.4 Å². The Labute approximate surface area is 174 Å². The van der Waals surface area contributed by atoms with Crippen molar-refractivity contribution in [1.29, 1.82) is 0 Å². The largest absolute Gasteiger partial charge is 0.484 e. The summed E-state index contributed by atoms with van der Waals surface area (Å²) in [4.78, 5) is 26.5. The monoisotopic (exact) mass is 436 g/mol. The summed E-state index contributed by atoms with van der Waals surface area (Å²) in [6, 6.07) is 12.7. The van der Waals surface area contributed by atoms with Crippen molar-refractivity contribution in [3.8, 4) is 5.75 Å². The Hall–Kier alpha value is -2.58. The molecule has 0 spiro atoms. The van der Waals surface area contributed by atoms with Gasteiger partial charge < -0.3 is 9.64 Å². The molecular weight excluding hydrogens is 416 g/mol. The SMILES string of the molecule is Cc1ccc(S(=O)(=O)NC(=O)C2(C)CCN2C(=O)COc2ccc(Cl)cc2)cc1. The highest BCUT2D eigenvalue weighted by Gasteiger charge is 2.50. The van der Waals surface area contributed by atoms with Gasteiger partial charge in [-0.25, -0.2) is 13.1 Å². The first-order valence-electron chi connectivity index (χ1n) is 8.94. The van der Waals surface area contributed by atoms with Crippen LogP contribution < -0.4 is 9.46 Å². The van der Waals surface area contributed by atoms with E-state index in [4.69, 9.17) is 16.3 Å². The van der Waals surface area contributed by atoms with E-state index in [1.54, 1.807) is 36.4 Å². The number of nitrogens with one attached hydrogen (secondary N) is 1. The van der Waals surface area contributed by atoms with Crippen LogP contribution in [0.4, 0.5) is 0 Å². The standard InChI is InChI=1S/C20H21ClN2O5S/c1-14-3-9-17(10-4-14)29(26,27)22-19(25)20(2)11-12-23(20)18(24)13-28-16-7-5-15(21)6-8-16/h3-10H,11-13H2,1-2H3,(H,22,25). The average Bonchev–Trinajstić information content (AvgIpc) is 2.66. The van der Waals surface area contributed by atoms with Gasteiger partial charge in [-0.05, 0) is 56.7 Å². The first kappa shape index (κ1) is 21.1. The van der Waals surface area contributed by atoms with E-state index >= 15 is 0 Å². The molecule has 0 radical (unpaired) electrons. The molecule has 7 nitrogen and oxygen atoms in total. The van der Waals surface area contributed by atoms with Gasteiger partial charge in [0.25, 0.3) is 21.8 Å². The van der Waals surface area contributed by atoms with Crippen molar-refractivity contribution in [1.82, 2.24) is 9.62 Å². The average molecular weight is 437 g/mol. The highest BCUT2D eigenvalue weighted by molar-refractivity contribution is 7.90. The maximum absolute atomic E-state index is 12.7. The van der Waals surface area contributed by atoms with Crippen molar-refractivity contribution in [2.75, 3.05) is 13.2 Å². The number of sulfonamides is 1. The zero-order chi connectivity index (χ0) is 21.2. The van der Waals surface area contributed by atoms with E-state index < -0.39 is 27.4 Å². The van der Waals surface area contributed by atoms with Crippen LogP contribution >= 0.6 is 11.6 Å². The quantitative estimate of drug-likeness (QED) is 0.751. The zero-order valence-electron chi connectivity index (χ0n) is 16.0. The number of likely N-dealkylation sites (tertiary alicyclic amines) is 1. The summed E-state index contributed by atoms with van der Waals surface area (Å²) in [5.41, 5.74) is -0.350. The minimum absolute atomic E-state index is 0.0108. The first-order valence-corrected chi connectivity index (χ1v) is 10.8. The maximum Gasteiger partial charge on any atom is 0.264 e. The lowest BCUT2D eigenvalue weighted by Crippen LogP contribution is -2.68. The highest BCUT2D eigenvalue weighted by atomic mass is 35.5. The van der Waals surface area contributed by atoms with E-state index in [0.717, 1.165) is 5.56 Å². The topological polar surface area (TPSA) is 92.8 Å². The maximum atomic E-state index is 12.7. The third-order valence-electron chi connectivity index (χ3n) is 4.94. The number of carbonyl (C=O) groups excluding carboxylic acids is 2. The lowest BCUT2D eigenvalue weighted by atomic mass is 9.86. The van der Waals surface area contributed by atoms with Crippen LogP contribution in [0, 0.1) is 6.92 Å². The number of halogens is 1. The van der Waals surface area contributed by atoms with E-state index in [1.165, 1.54) is 24.0 Å². The second-order valence-corrected chi connectivity index (χ2v) is 9.18. The molecule has 1 aliphatic rings. The van der Waals surface area contributed by atoms with E-state index in [9.17, 15) is 18.0 Å². The molecule has 2 amide bonds. The molecule has 2 aromatic rings. The minimum Gasteiger partial charge on any atom is -0.484 e. The number of hydrogen-bond donors (Lipinski definition) is 1. The van der Waals surface area contributed by atoms with Gasteiger partial charge in [0.15, 0.2) is 6.61 Å². The molecule has 1 N–H and O–H groups in total. The Balaban J connectivity index is 1.64. The lowest BCUT2D eigenvalue weighted by molar-refractivity contribution is -0.158. The van der Waals surface area contributed by atoms with Crippen LogP contribution in [-0.4, -0.2) is 43.8 Å². The van der Waals surface area contributed by atoms with Crippen molar-refractivity contribution in [3.63, 3.8) is 0 Å². The van der Waals surface area contributed by atoms with Crippen molar-refractivity contribution in [2.45, 2.75) is 30.7 Å². The van der Waals surface area contributed by atoms with Crippen LogP contribution in [0.3, 0.4) is 0 Å². The lowest BCUT2D eigenvalue weighted by Gasteiger charge is -2.48. The van der Waals surface area contributed by atoms with Crippen LogP contribution in [0.1, 0.15) is 18.9 Å². The van der Waals surface area contributed by atoms with E-state index in [1.807, 2.05) is 6.92 Å². The number of amides is 2. The number of ether oxygens (including phenoxy) is 1. The molecule has 1 heterocycles. The fourth-order valence-electron chi connectivity index (χ4n) is 2.96. The number of benzene rings is 2. The molecule has 1 aliphatic heterocycles. The van der Waals surface area contributed by atoms with Gasteiger partial charge in [0.1, 0.15) is 11.3 Å². The zero-order valence-corrected chi connectivity index (χ0v) is 17.6. The Morgan fingerprint density at radius 3 is 2.31 bits per heavy atom. The molecule has 154 valence electrons. The molecule has 0 aliphatic carbocycles. The van der Waals surface area contributed by atoms with Gasteiger partial charge in [0.05, 0.1) is 4.90 Å². The van der Waals surface area contributed by atoms with Gasteiger partial charge in [-0.15, -0.1) is 0 Å². The van der Waals surface area contributed by atoms with Crippen LogP contribution in [0.25, 0.3) is 0 Å². The Kier molecular flexibility index (Phi) is 5.86. The Morgan fingerprint density at radius 2 is 1.76 bits per heavy atom. The van der Waals surface area contributed by atoms with Crippen molar-refractivity contribution in [2.24, 2.45) is 0 Å². The number of hydrogen-bond acceptors (Lipinski definition) is 5. The summed E-state index contributed by atoms with van der Waals surface area (Å²) in [7, 11) is -4.03. The normalized spacial score (nSPS) is 18.7. The summed E-state index contributed by atoms with van der Waals surface area (Å²) >= 11 is 5.81. The van der Waals surface area contributed by atoms with Gasteiger partial charge in [-0.2, -0.15) is 0 Å². The van der Waals surface area contributed by atoms with Crippen LogP contribution in [0.5, 0.6) is 5.75 Å². The Bertz CT molecular complexity index is 1020. The van der Waals surface area contributed by atoms with Crippen LogP contribution in [-0.2, 0) is 19.6 Å². The molecule has 0 aromatic heterocycles. The summed E-state index contributed by atoms with van der Waals surface area (Å²) in [5, 5.41) is 0.547. The number of aryl methyl sites for hydroxylation is 1. The number of rotatable bonds is 6. The van der Waals surface area contributed by atoms with Gasteiger partial charge in [-0.3, -0.25) is 9.59 Å². The molecule has 2 aromatic carbocycles. The molecule has 0 bridgehead atoms. The molecule has 1 unspecified atom stereocenters. The molecule has 3 rings (SSSR count). The van der Waals surface area contributed by atoms with Crippen molar-refractivity contribution in [3.05, 3.63) is 59.1 Å². The van der Waals surface area contributed by atoms with Crippen molar-refractivity contribution >= 4 is 33.4 Å². The van der Waals surface area contributed by atoms with E-state index in [-0.39, 0.29) is 11.5 Å². The molecular formula is C20H21ClN2O5S. The fraction of sp³-hybridized carbons (Fsp3) is 0.300. The van der Waals surface area contributed by atoms with Crippen molar-refractivity contribution < 1.29 is 22.7 Å². The fourth-order valence-corrected chi connectivity index (χ4v) is 4.16. The second-order valence-electron chi connectivity index (χ2n) is 7.06. The molecule has 0 saturated carbocycles. The minimum atomic E-state index is -4.03. The summed E-state index contributed by atoms with van der Waals surface area (Å²) in [5.74, 6) is -0.683. The first-order chi connectivity index (χ1) is 13.6. The summed E-state index contributed by atoms with van der Waals surface area (Å²) < 4.78 is 32.5. The van der Waals surface area contributed by atoms with Gasteiger partial charge in [0, 0.05) is 11.6 Å². The molecule has 1 fully saturated rings. The van der Waals surface area contributed by atoms with E-state index in [0.29, 0.717) is 23.7 Å². The van der Waals surface area contributed by atoms with Gasteiger partial charge in [0.2, 0.25) is 0 Å². The molecule has 9 heteroatoms. The highest BCUT2D eigenvalue weighted by Crippen LogP contribution is 2.31. The van der Waals surface area contributed by atoms with Crippen LogP contribution in [0.2, 0.25) is 5.02 Å². The second kappa shape index (κ2) is 8.04. The predicted molar refractivity (Wildman–Crippen MR) is 108 cm³/mol. The van der Waals surface area contributed by atoms with Gasteiger partial charge >= 0.3 is 0 Å². The molecule has 1 saturated heterocycles. The number of carbonyl (C=O) groups is 2. The third kappa shape index (κ3) is 4.54. The smallest absolute Gasteiger partial charge is 0.264 e. The summed E-state index contributed by atoms with van der Waals surface area (Å²) in [6.45, 7) is 3.45. The van der Waals surface area contributed by atoms with E-state index in [2.05, 4.69) is 4.72 Å². The molecule has 29 heavy (non-hydrogen) atoms. The predicted octanol–water partition coefficient (Wildman–Crippen LogP) is 2.52. The summed E-state index contributed by atoms with van der Waals surface area (Å²) in [6.07, 6.45) is 0.356. The third-order valence-corrected chi connectivity index (χ3v) is 6.54. The number of nitrogens with zero attached hydrogens (tertiary/aromatic N) is 1. The molecule has 1 atom stereocenters. The Morgan fingerprint density at radius 1 is 1.14 bits per heavy atom.